The first-order valence-electron chi connectivity index (χ1n) is 11.6. The largest absolute Gasteiger partial charge is 0.347 e. The number of carbonyl (C=O) groups is 2. The zero-order valence-corrected chi connectivity index (χ0v) is 17.1. The molecule has 6 nitrogen and oxygen atoms in total. The van der Waals surface area contributed by atoms with Gasteiger partial charge in [0.05, 0.1) is 6.54 Å². The molecule has 1 atom stereocenters. The lowest BCUT2D eigenvalue weighted by Gasteiger charge is -2.56. The van der Waals surface area contributed by atoms with Gasteiger partial charge in [0.25, 0.3) is 0 Å². The van der Waals surface area contributed by atoms with E-state index in [1.165, 1.54) is 38.5 Å². The average molecular weight is 389 g/mol. The maximum absolute atomic E-state index is 12.7. The van der Waals surface area contributed by atoms with Crippen LogP contribution in [0, 0.1) is 23.2 Å². The van der Waals surface area contributed by atoms with Crippen molar-refractivity contribution in [1.29, 1.82) is 0 Å². The van der Waals surface area contributed by atoms with E-state index >= 15 is 0 Å². The minimum Gasteiger partial charge on any atom is -0.347 e. The van der Waals surface area contributed by atoms with Gasteiger partial charge in [0, 0.05) is 51.7 Å². The minimum atomic E-state index is 0.0940. The van der Waals surface area contributed by atoms with Crippen LogP contribution in [0.15, 0.2) is 0 Å². The molecule has 6 heteroatoms. The Bertz CT molecular complexity index is 580. The van der Waals surface area contributed by atoms with Gasteiger partial charge in [-0.3, -0.25) is 14.5 Å². The van der Waals surface area contributed by atoms with Gasteiger partial charge in [-0.2, -0.15) is 0 Å². The summed E-state index contributed by atoms with van der Waals surface area (Å²) in [5.74, 6) is 2.80. The number of nitrogens with one attached hydrogen (secondary N) is 2. The third-order valence-corrected chi connectivity index (χ3v) is 8.32. The van der Waals surface area contributed by atoms with Crippen molar-refractivity contribution in [2.24, 2.45) is 23.2 Å². The van der Waals surface area contributed by atoms with Gasteiger partial charge >= 0.3 is 0 Å². The lowest BCUT2D eigenvalue weighted by Crippen LogP contribution is -2.50. The third kappa shape index (κ3) is 3.82. The molecule has 1 unspecified atom stereocenters. The van der Waals surface area contributed by atoms with E-state index in [2.05, 4.69) is 15.5 Å². The van der Waals surface area contributed by atoms with E-state index in [1.54, 1.807) is 0 Å². The number of rotatable bonds is 5. The van der Waals surface area contributed by atoms with Crippen LogP contribution in [0.25, 0.3) is 0 Å². The highest BCUT2D eigenvalue weighted by Gasteiger charge is 2.51. The summed E-state index contributed by atoms with van der Waals surface area (Å²) in [4.78, 5) is 29.7. The Hall–Kier alpha value is -1.14. The second-order valence-corrected chi connectivity index (χ2v) is 10.4. The fourth-order valence-electron chi connectivity index (χ4n) is 7.51. The molecule has 6 aliphatic rings. The predicted molar refractivity (Wildman–Crippen MR) is 108 cm³/mol. The molecule has 28 heavy (non-hydrogen) atoms. The average Bonchev–Trinajstić information content (AvgIpc) is 3.16. The van der Waals surface area contributed by atoms with Gasteiger partial charge in [0.1, 0.15) is 0 Å². The number of piperazine rings is 1. The zero-order chi connectivity index (χ0) is 19.1. The van der Waals surface area contributed by atoms with Gasteiger partial charge in [-0.05, 0) is 68.1 Å². The molecular weight excluding hydrogens is 352 g/mol. The van der Waals surface area contributed by atoms with Gasteiger partial charge in [-0.1, -0.05) is 0 Å². The Morgan fingerprint density at radius 1 is 0.964 bits per heavy atom. The first kappa shape index (κ1) is 18.9. The fourth-order valence-corrected chi connectivity index (χ4v) is 7.51. The van der Waals surface area contributed by atoms with Crippen LogP contribution in [0.4, 0.5) is 0 Å². The van der Waals surface area contributed by atoms with E-state index in [4.69, 9.17) is 0 Å². The summed E-state index contributed by atoms with van der Waals surface area (Å²) in [5.41, 5.74) is 0.253. The van der Waals surface area contributed by atoms with E-state index in [9.17, 15) is 9.59 Å². The van der Waals surface area contributed by atoms with Crippen LogP contribution in [0.2, 0.25) is 0 Å². The van der Waals surface area contributed by atoms with Gasteiger partial charge in [0.2, 0.25) is 11.8 Å². The van der Waals surface area contributed by atoms with Crippen LogP contribution in [0.1, 0.15) is 51.4 Å². The molecule has 156 valence electrons. The number of likely N-dealkylation sites (tertiary alicyclic amines) is 1. The summed E-state index contributed by atoms with van der Waals surface area (Å²) in [7, 11) is 0. The Balaban J connectivity index is 1.08. The second kappa shape index (κ2) is 7.60. The summed E-state index contributed by atoms with van der Waals surface area (Å²) < 4.78 is 0. The SMILES string of the molecule is O=C(CC12CC3CC(CC(C3)C1)C2)NCC(=O)N1CCC(N2CCNCC2)C1. The van der Waals surface area contributed by atoms with Crippen LogP contribution in [0.5, 0.6) is 0 Å². The van der Waals surface area contributed by atoms with Crippen molar-refractivity contribution in [3.63, 3.8) is 0 Å². The van der Waals surface area contributed by atoms with E-state index < -0.39 is 0 Å². The molecule has 4 bridgehead atoms. The molecule has 0 radical (unpaired) electrons. The van der Waals surface area contributed by atoms with Crippen molar-refractivity contribution in [2.45, 2.75) is 57.4 Å². The first-order valence-corrected chi connectivity index (χ1v) is 11.6. The lowest BCUT2D eigenvalue weighted by atomic mass is 9.49. The summed E-state index contributed by atoms with van der Waals surface area (Å²) in [6, 6.07) is 0.494. The summed E-state index contributed by atoms with van der Waals surface area (Å²) in [6.45, 7) is 6.08. The Labute approximate surface area is 168 Å². The molecule has 6 fully saturated rings. The second-order valence-electron chi connectivity index (χ2n) is 10.4. The van der Waals surface area contributed by atoms with Crippen LogP contribution in [-0.4, -0.2) is 73.5 Å². The molecule has 0 aromatic rings. The number of hydrogen-bond acceptors (Lipinski definition) is 4. The molecular formula is C22H36N4O2. The molecule has 6 rings (SSSR count). The fraction of sp³-hybridized carbons (Fsp3) is 0.909. The number of nitrogens with zero attached hydrogens (tertiary/aromatic N) is 2. The quantitative estimate of drug-likeness (QED) is 0.743. The molecule has 4 aliphatic carbocycles. The van der Waals surface area contributed by atoms with Gasteiger partial charge < -0.3 is 15.5 Å². The summed E-state index contributed by atoms with van der Waals surface area (Å²) in [5, 5.41) is 6.36. The van der Waals surface area contributed by atoms with Crippen molar-refractivity contribution in [1.82, 2.24) is 20.4 Å². The topological polar surface area (TPSA) is 64.7 Å². The Morgan fingerprint density at radius 2 is 1.61 bits per heavy atom. The van der Waals surface area contributed by atoms with Gasteiger partial charge in [0.15, 0.2) is 0 Å². The van der Waals surface area contributed by atoms with E-state index in [-0.39, 0.29) is 23.8 Å². The number of carbonyl (C=O) groups excluding carboxylic acids is 2. The predicted octanol–water partition coefficient (Wildman–Crippen LogP) is 1.22. The third-order valence-electron chi connectivity index (χ3n) is 8.32. The van der Waals surface area contributed by atoms with Crippen molar-refractivity contribution in [3.05, 3.63) is 0 Å². The molecule has 2 aliphatic heterocycles. The van der Waals surface area contributed by atoms with Crippen LogP contribution < -0.4 is 10.6 Å². The maximum Gasteiger partial charge on any atom is 0.242 e. The monoisotopic (exact) mass is 388 g/mol. The molecule has 2 amide bonds. The van der Waals surface area contributed by atoms with Crippen molar-refractivity contribution < 1.29 is 9.59 Å². The summed E-state index contributed by atoms with van der Waals surface area (Å²) >= 11 is 0. The zero-order valence-electron chi connectivity index (χ0n) is 17.1. The van der Waals surface area contributed by atoms with Crippen LogP contribution in [-0.2, 0) is 9.59 Å². The van der Waals surface area contributed by atoms with Crippen molar-refractivity contribution in [2.75, 3.05) is 45.8 Å². The first-order chi connectivity index (χ1) is 13.6. The van der Waals surface area contributed by atoms with E-state index in [1.807, 2.05) is 4.90 Å². The maximum atomic E-state index is 12.7. The van der Waals surface area contributed by atoms with Crippen LogP contribution in [0.3, 0.4) is 0 Å². The molecule has 0 aromatic heterocycles. The lowest BCUT2D eigenvalue weighted by molar-refractivity contribution is -0.135. The standard InChI is InChI=1S/C22H36N4O2/c27-20(13-22-10-16-7-17(11-22)9-18(8-16)12-22)24-14-21(28)26-4-1-19(15-26)25-5-2-23-3-6-25/h16-19,23H,1-15H2,(H,24,27). The molecule has 2 saturated heterocycles. The van der Waals surface area contributed by atoms with Gasteiger partial charge in [-0.15, -0.1) is 0 Å². The van der Waals surface area contributed by atoms with Crippen molar-refractivity contribution in [3.8, 4) is 0 Å². The van der Waals surface area contributed by atoms with E-state index in [0.717, 1.165) is 63.4 Å². The van der Waals surface area contributed by atoms with Gasteiger partial charge in [-0.25, -0.2) is 0 Å². The smallest absolute Gasteiger partial charge is 0.242 e. The summed E-state index contributed by atoms with van der Waals surface area (Å²) in [6.07, 6.45) is 9.67. The Morgan fingerprint density at radius 3 is 2.25 bits per heavy atom. The van der Waals surface area contributed by atoms with Crippen LogP contribution >= 0.6 is 0 Å². The number of amides is 2. The molecule has 4 saturated carbocycles. The highest BCUT2D eigenvalue weighted by atomic mass is 16.2. The van der Waals surface area contributed by atoms with E-state index in [0.29, 0.717) is 12.5 Å². The Kier molecular flexibility index (Phi) is 5.12. The highest BCUT2D eigenvalue weighted by Crippen LogP contribution is 2.61. The number of hydrogen-bond donors (Lipinski definition) is 2. The van der Waals surface area contributed by atoms with Crippen molar-refractivity contribution >= 4 is 11.8 Å². The molecule has 2 N–H and O–H groups in total. The highest BCUT2D eigenvalue weighted by molar-refractivity contribution is 5.85. The molecule has 2 heterocycles. The normalized spacial score (nSPS) is 40.1. The minimum absolute atomic E-state index is 0.0940. The molecule has 0 aromatic carbocycles. The molecule has 0 spiro atoms.